The van der Waals surface area contributed by atoms with Crippen LogP contribution in [0.15, 0.2) is 70.9 Å². The highest BCUT2D eigenvalue weighted by Gasteiger charge is 2.47. The van der Waals surface area contributed by atoms with E-state index in [0.29, 0.717) is 5.56 Å². The maximum Gasteiger partial charge on any atom is 0.335 e. The smallest absolute Gasteiger partial charge is 0.335 e. The van der Waals surface area contributed by atoms with Crippen molar-refractivity contribution < 1.29 is 38.1 Å². The van der Waals surface area contributed by atoms with Crippen molar-refractivity contribution in [2.24, 2.45) is 0 Å². The molecule has 168 valence electrons. The lowest BCUT2D eigenvalue weighted by Gasteiger charge is -2.23. The first kappa shape index (κ1) is 21.8. The quantitative estimate of drug-likeness (QED) is 0.333. The second-order valence-corrected chi connectivity index (χ2v) is 7.29. The molecule has 2 aromatic carbocycles. The van der Waals surface area contributed by atoms with Gasteiger partial charge in [0, 0.05) is 6.54 Å². The first-order chi connectivity index (χ1) is 15.8. The minimum Gasteiger partial charge on any atom is -0.507 e. The molecule has 2 N–H and O–H groups in total. The number of carboxylic acid groups (broad SMARTS) is 1. The average Bonchev–Trinajstić information content (AvgIpc) is 3.42. The third-order valence-electron chi connectivity index (χ3n) is 5.32. The van der Waals surface area contributed by atoms with Gasteiger partial charge < -0.3 is 24.3 Å². The fourth-order valence-electron chi connectivity index (χ4n) is 3.75. The Morgan fingerprint density at radius 2 is 1.85 bits per heavy atom. The fraction of sp³-hybridized carbons (Fsp3) is 0.125. The van der Waals surface area contributed by atoms with Gasteiger partial charge >= 0.3 is 5.97 Å². The molecule has 0 radical (unpaired) electrons. The normalized spacial score (nSPS) is 17.4. The number of benzene rings is 2. The van der Waals surface area contributed by atoms with Gasteiger partial charge in [0.1, 0.15) is 29.1 Å². The predicted octanol–water partition coefficient (Wildman–Crippen LogP) is 3.75. The number of hydrogen-bond donors (Lipinski definition) is 2. The molecule has 0 spiro atoms. The number of methoxy groups -OCH3 is 1. The third kappa shape index (κ3) is 3.96. The number of aromatic carboxylic acids is 1. The van der Waals surface area contributed by atoms with Crippen LogP contribution in [0.5, 0.6) is 5.75 Å². The Labute approximate surface area is 187 Å². The van der Waals surface area contributed by atoms with Gasteiger partial charge in [0.2, 0.25) is 0 Å². The molecule has 1 aliphatic rings. The zero-order chi connectivity index (χ0) is 23.7. The number of hydrogen-bond acceptors (Lipinski definition) is 6. The number of amides is 1. The van der Waals surface area contributed by atoms with Gasteiger partial charge in [-0.15, -0.1) is 0 Å². The summed E-state index contributed by atoms with van der Waals surface area (Å²) in [5.41, 5.74) is 0.266. The number of carbonyl (C=O) groups excluding carboxylic acids is 2. The number of aliphatic hydroxyl groups is 1. The van der Waals surface area contributed by atoms with Gasteiger partial charge in [0.05, 0.1) is 30.1 Å². The first-order valence-corrected chi connectivity index (χ1v) is 9.79. The number of carbonyl (C=O) groups is 3. The number of likely N-dealkylation sites (tertiary alicyclic amines) is 1. The monoisotopic (exact) mass is 451 g/mol. The summed E-state index contributed by atoms with van der Waals surface area (Å²) in [6.45, 7) is -0.0626. The van der Waals surface area contributed by atoms with Crippen LogP contribution < -0.4 is 4.74 Å². The number of halogens is 1. The standard InChI is InChI=1S/C24H18FNO7/c1-32-17-9-8-15(25)11-16(17)21(27)19-20(18-3-2-10-33-18)26(23(29)22(19)28)12-13-4-6-14(7-5-13)24(30)31/h2-11,20,27H,12H2,1H3,(H,30,31)/b21-19-. The van der Waals surface area contributed by atoms with Crippen LogP contribution >= 0.6 is 0 Å². The minimum atomic E-state index is -1.10. The number of furan rings is 1. The number of aliphatic hydroxyl groups excluding tert-OH is 1. The molecule has 9 heteroatoms. The van der Waals surface area contributed by atoms with E-state index in [2.05, 4.69) is 0 Å². The van der Waals surface area contributed by atoms with Crippen LogP contribution in [-0.2, 0) is 16.1 Å². The molecule has 33 heavy (non-hydrogen) atoms. The van der Waals surface area contributed by atoms with Gasteiger partial charge in [-0.25, -0.2) is 9.18 Å². The number of rotatable bonds is 6. The summed E-state index contributed by atoms with van der Waals surface area (Å²) in [5.74, 6) is -3.90. The largest absolute Gasteiger partial charge is 0.507 e. The third-order valence-corrected chi connectivity index (χ3v) is 5.32. The van der Waals surface area contributed by atoms with Crippen molar-refractivity contribution in [1.82, 2.24) is 4.90 Å². The lowest BCUT2D eigenvalue weighted by molar-refractivity contribution is -0.140. The molecule has 1 saturated heterocycles. The summed E-state index contributed by atoms with van der Waals surface area (Å²) >= 11 is 0. The van der Waals surface area contributed by atoms with Crippen molar-refractivity contribution in [3.8, 4) is 5.75 Å². The molecular formula is C24H18FNO7. The van der Waals surface area contributed by atoms with Crippen LogP contribution in [0.1, 0.15) is 33.3 Å². The van der Waals surface area contributed by atoms with Gasteiger partial charge in [-0.2, -0.15) is 0 Å². The van der Waals surface area contributed by atoms with E-state index in [1.807, 2.05) is 0 Å². The summed E-state index contributed by atoms with van der Waals surface area (Å²) in [5, 5.41) is 20.1. The van der Waals surface area contributed by atoms with E-state index in [0.717, 1.165) is 12.1 Å². The highest BCUT2D eigenvalue weighted by molar-refractivity contribution is 6.46. The van der Waals surface area contributed by atoms with Crippen molar-refractivity contribution in [3.63, 3.8) is 0 Å². The number of ketones is 1. The zero-order valence-electron chi connectivity index (χ0n) is 17.3. The molecule has 1 aliphatic heterocycles. The maximum atomic E-state index is 13.9. The molecule has 2 heterocycles. The van der Waals surface area contributed by atoms with Gasteiger partial charge in [-0.3, -0.25) is 9.59 Å². The topological polar surface area (TPSA) is 117 Å². The number of carboxylic acids is 1. The van der Waals surface area contributed by atoms with Crippen LogP contribution in [0.25, 0.3) is 5.76 Å². The average molecular weight is 451 g/mol. The lowest BCUT2D eigenvalue weighted by Crippen LogP contribution is -2.29. The lowest BCUT2D eigenvalue weighted by atomic mass is 9.98. The van der Waals surface area contributed by atoms with Gasteiger partial charge in [0.25, 0.3) is 11.7 Å². The van der Waals surface area contributed by atoms with Crippen LogP contribution in [0.3, 0.4) is 0 Å². The summed E-state index contributed by atoms with van der Waals surface area (Å²) in [6, 6.07) is 11.3. The molecule has 1 atom stereocenters. The van der Waals surface area contributed by atoms with E-state index in [-0.39, 0.29) is 34.8 Å². The molecule has 0 aliphatic carbocycles. The van der Waals surface area contributed by atoms with Crippen molar-refractivity contribution in [3.05, 3.63) is 94.7 Å². The Morgan fingerprint density at radius 3 is 2.45 bits per heavy atom. The molecule has 8 nitrogen and oxygen atoms in total. The molecule has 0 bridgehead atoms. The molecule has 1 amide bonds. The fourth-order valence-corrected chi connectivity index (χ4v) is 3.75. The number of Topliss-reactive ketones (excluding diaryl/α,β-unsaturated/α-hetero) is 1. The van der Waals surface area contributed by atoms with E-state index in [4.69, 9.17) is 14.3 Å². The molecule has 3 aromatic rings. The van der Waals surface area contributed by atoms with E-state index >= 15 is 0 Å². The molecular weight excluding hydrogens is 433 g/mol. The molecule has 4 rings (SSSR count). The SMILES string of the molecule is COc1ccc(F)cc1/C(O)=C1/C(=O)C(=O)N(Cc2ccc(C(=O)O)cc2)C1c1ccco1. The summed E-state index contributed by atoms with van der Waals surface area (Å²) in [7, 11) is 1.33. The summed E-state index contributed by atoms with van der Waals surface area (Å²) < 4.78 is 24.6. The van der Waals surface area contributed by atoms with Gasteiger partial charge in [-0.05, 0) is 48.0 Å². The Kier molecular flexibility index (Phi) is 5.70. The van der Waals surface area contributed by atoms with Crippen LogP contribution in [0.4, 0.5) is 4.39 Å². The highest BCUT2D eigenvalue weighted by Crippen LogP contribution is 2.41. The number of nitrogens with zero attached hydrogens (tertiary/aromatic N) is 1. The predicted molar refractivity (Wildman–Crippen MR) is 113 cm³/mol. The van der Waals surface area contributed by atoms with Crippen molar-refractivity contribution in [2.75, 3.05) is 7.11 Å². The molecule has 1 fully saturated rings. The first-order valence-electron chi connectivity index (χ1n) is 9.79. The van der Waals surface area contributed by atoms with E-state index < -0.39 is 35.3 Å². The Balaban J connectivity index is 1.82. The molecule has 1 unspecified atom stereocenters. The number of ether oxygens (including phenoxy) is 1. The zero-order valence-corrected chi connectivity index (χ0v) is 17.3. The van der Waals surface area contributed by atoms with E-state index in [9.17, 15) is 23.9 Å². The highest BCUT2D eigenvalue weighted by atomic mass is 19.1. The van der Waals surface area contributed by atoms with Gasteiger partial charge in [-0.1, -0.05) is 12.1 Å². The summed E-state index contributed by atoms with van der Waals surface area (Å²) in [4.78, 5) is 38.2. The van der Waals surface area contributed by atoms with Gasteiger partial charge in [0.15, 0.2) is 0 Å². The van der Waals surface area contributed by atoms with Crippen molar-refractivity contribution >= 4 is 23.4 Å². The Morgan fingerprint density at radius 1 is 1.12 bits per heavy atom. The summed E-state index contributed by atoms with van der Waals surface area (Å²) in [6.07, 6.45) is 1.36. The second-order valence-electron chi connectivity index (χ2n) is 7.29. The van der Waals surface area contributed by atoms with Crippen molar-refractivity contribution in [2.45, 2.75) is 12.6 Å². The second kappa shape index (κ2) is 8.62. The molecule has 1 aromatic heterocycles. The van der Waals surface area contributed by atoms with Crippen LogP contribution in [0, 0.1) is 5.82 Å². The van der Waals surface area contributed by atoms with Crippen molar-refractivity contribution in [1.29, 1.82) is 0 Å². The Hall–Kier alpha value is -4.40. The maximum absolute atomic E-state index is 13.9. The van der Waals surface area contributed by atoms with Crippen LogP contribution in [0.2, 0.25) is 0 Å². The minimum absolute atomic E-state index is 0.0626. The van der Waals surface area contributed by atoms with E-state index in [1.54, 1.807) is 12.1 Å². The molecule has 0 saturated carbocycles. The van der Waals surface area contributed by atoms with E-state index in [1.165, 1.54) is 48.6 Å². The van der Waals surface area contributed by atoms with Crippen LogP contribution in [-0.4, -0.2) is 39.9 Å². The Bertz CT molecular complexity index is 1260.